The fourth-order valence-electron chi connectivity index (χ4n) is 4.04. The highest BCUT2D eigenvalue weighted by molar-refractivity contribution is 7.92. The van der Waals surface area contributed by atoms with Gasteiger partial charge >= 0.3 is 6.18 Å². The number of aryl methyl sites for hydroxylation is 1. The summed E-state index contributed by atoms with van der Waals surface area (Å²) in [6.45, 7) is 3.84. The average molecular weight is 628 g/mol. The number of rotatable bonds is 11. The van der Waals surface area contributed by atoms with Crippen molar-refractivity contribution < 1.29 is 35.6 Å². The molecule has 3 aromatic carbocycles. The lowest BCUT2D eigenvalue weighted by Crippen LogP contribution is -2.51. The Labute approximate surface area is 247 Å². The summed E-state index contributed by atoms with van der Waals surface area (Å²) in [6, 6.07) is 12.4. The molecule has 0 heterocycles. The third kappa shape index (κ3) is 7.80. The SMILES string of the molecule is CCCNC(=O)C(C)N(Cc1ccccc1F)C(=O)CN(c1ccc(Cl)c(C(F)(F)F)c1)S(=O)(=O)c1ccc(C)cc1. The summed E-state index contributed by atoms with van der Waals surface area (Å²) in [6.07, 6.45) is -4.32. The van der Waals surface area contributed by atoms with Gasteiger partial charge in [0.25, 0.3) is 10.0 Å². The maximum absolute atomic E-state index is 14.6. The van der Waals surface area contributed by atoms with Crippen molar-refractivity contribution in [2.45, 2.75) is 50.9 Å². The van der Waals surface area contributed by atoms with E-state index in [1.807, 2.05) is 6.92 Å². The number of amides is 2. The van der Waals surface area contributed by atoms with Crippen LogP contribution in [0.2, 0.25) is 5.02 Å². The van der Waals surface area contributed by atoms with Crippen molar-refractivity contribution >= 4 is 39.1 Å². The Morgan fingerprint density at radius 2 is 1.67 bits per heavy atom. The lowest BCUT2D eigenvalue weighted by molar-refractivity contribution is -0.139. The van der Waals surface area contributed by atoms with Crippen molar-refractivity contribution in [3.8, 4) is 0 Å². The van der Waals surface area contributed by atoms with Gasteiger partial charge < -0.3 is 10.2 Å². The van der Waals surface area contributed by atoms with Gasteiger partial charge in [-0.1, -0.05) is 54.4 Å². The Bertz CT molecular complexity index is 1530. The molecule has 1 unspecified atom stereocenters. The van der Waals surface area contributed by atoms with Crippen molar-refractivity contribution in [1.29, 1.82) is 0 Å². The van der Waals surface area contributed by atoms with Gasteiger partial charge in [-0.2, -0.15) is 13.2 Å². The minimum absolute atomic E-state index is 0.0554. The molecular weight excluding hydrogens is 598 g/mol. The number of carbonyl (C=O) groups excluding carboxylic acids is 2. The zero-order valence-electron chi connectivity index (χ0n) is 23.1. The molecule has 0 radical (unpaired) electrons. The largest absolute Gasteiger partial charge is 0.417 e. The van der Waals surface area contributed by atoms with Gasteiger partial charge in [0.2, 0.25) is 11.8 Å². The first kappa shape index (κ1) is 32.9. The number of anilines is 1. The molecule has 13 heteroatoms. The maximum atomic E-state index is 14.6. The molecular formula is C29H30ClF4N3O4S. The van der Waals surface area contributed by atoms with Gasteiger partial charge in [-0.3, -0.25) is 13.9 Å². The van der Waals surface area contributed by atoms with E-state index in [4.69, 9.17) is 11.6 Å². The second kappa shape index (κ2) is 13.6. The van der Waals surface area contributed by atoms with Gasteiger partial charge in [0.15, 0.2) is 0 Å². The summed E-state index contributed by atoms with van der Waals surface area (Å²) in [7, 11) is -4.61. The van der Waals surface area contributed by atoms with Crippen molar-refractivity contribution in [1.82, 2.24) is 10.2 Å². The van der Waals surface area contributed by atoms with Crippen molar-refractivity contribution in [3.63, 3.8) is 0 Å². The molecule has 0 spiro atoms. The van der Waals surface area contributed by atoms with Crippen LogP contribution in [0.15, 0.2) is 71.6 Å². The molecule has 0 aromatic heterocycles. The molecule has 3 aromatic rings. The molecule has 0 aliphatic heterocycles. The van der Waals surface area contributed by atoms with Crippen LogP contribution in [-0.2, 0) is 32.3 Å². The van der Waals surface area contributed by atoms with Crippen LogP contribution in [-0.4, -0.2) is 44.3 Å². The highest BCUT2D eigenvalue weighted by Gasteiger charge is 2.37. The number of nitrogens with one attached hydrogen (secondary N) is 1. The minimum Gasteiger partial charge on any atom is -0.354 e. The summed E-state index contributed by atoms with van der Waals surface area (Å²) in [4.78, 5) is 27.4. The minimum atomic E-state index is -4.92. The molecule has 0 aliphatic carbocycles. The standard InChI is InChI=1S/C29H30ClF4N3O4S/c1-4-15-35-28(39)20(3)36(17-21-7-5-6-8-26(21)31)27(38)18-37(42(40,41)23-12-9-19(2)10-13-23)22-11-14-25(30)24(16-22)29(32,33)34/h5-14,16,20H,4,15,17-18H2,1-3H3,(H,35,39). The fraction of sp³-hybridized carbons (Fsp3) is 0.310. The predicted octanol–water partition coefficient (Wildman–Crippen LogP) is 5.95. The van der Waals surface area contributed by atoms with Crippen LogP contribution in [0.4, 0.5) is 23.2 Å². The van der Waals surface area contributed by atoms with Crippen molar-refractivity contribution in [3.05, 3.63) is 94.3 Å². The van der Waals surface area contributed by atoms with Gasteiger partial charge in [0.1, 0.15) is 18.4 Å². The van der Waals surface area contributed by atoms with E-state index in [0.717, 1.165) is 22.6 Å². The second-order valence-corrected chi connectivity index (χ2v) is 11.8. The summed E-state index contributed by atoms with van der Waals surface area (Å²) < 4.78 is 83.9. The molecule has 1 N–H and O–H groups in total. The van der Waals surface area contributed by atoms with E-state index in [9.17, 15) is 35.6 Å². The highest BCUT2D eigenvalue weighted by atomic mass is 35.5. The molecule has 1 atom stereocenters. The summed E-state index contributed by atoms with van der Waals surface area (Å²) in [5, 5.41) is 1.99. The first-order chi connectivity index (χ1) is 19.7. The van der Waals surface area contributed by atoms with E-state index in [1.54, 1.807) is 6.92 Å². The van der Waals surface area contributed by atoms with Crippen LogP contribution in [0, 0.1) is 12.7 Å². The van der Waals surface area contributed by atoms with Gasteiger partial charge in [-0.05, 0) is 56.7 Å². The van der Waals surface area contributed by atoms with Crippen LogP contribution in [0.3, 0.4) is 0 Å². The molecule has 2 amide bonds. The first-order valence-electron chi connectivity index (χ1n) is 12.9. The molecule has 0 bridgehead atoms. The normalized spacial score (nSPS) is 12.5. The number of nitrogens with zero attached hydrogens (tertiary/aromatic N) is 2. The number of halogens is 5. The molecule has 226 valence electrons. The number of hydrogen-bond donors (Lipinski definition) is 1. The molecule has 0 aliphatic rings. The van der Waals surface area contributed by atoms with Gasteiger partial charge in [0.05, 0.1) is 21.2 Å². The second-order valence-electron chi connectivity index (χ2n) is 9.57. The van der Waals surface area contributed by atoms with E-state index in [0.29, 0.717) is 23.3 Å². The average Bonchev–Trinajstić information content (AvgIpc) is 2.93. The monoisotopic (exact) mass is 627 g/mol. The van der Waals surface area contributed by atoms with Crippen LogP contribution in [0.1, 0.15) is 37.0 Å². The summed E-state index contributed by atoms with van der Waals surface area (Å²) >= 11 is 5.77. The van der Waals surface area contributed by atoms with Gasteiger partial charge in [0, 0.05) is 18.7 Å². The Morgan fingerprint density at radius 3 is 2.26 bits per heavy atom. The maximum Gasteiger partial charge on any atom is 0.417 e. The Balaban J connectivity index is 2.12. The molecule has 3 rings (SSSR count). The Kier molecular flexibility index (Phi) is 10.6. The third-order valence-corrected chi connectivity index (χ3v) is 8.56. The molecule has 0 saturated heterocycles. The highest BCUT2D eigenvalue weighted by Crippen LogP contribution is 2.38. The number of alkyl halides is 3. The van der Waals surface area contributed by atoms with E-state index in [2.05, 4.69) is 5.32 Å². The van der Waals surface area contributed by atoms with E-state index in [-0.39, 0.29) is 10.5 Å². The number of carbonyl (C=O) groups is 2. The Morgan fingerprint density at radius 1 is 1.02 bits per heavy atom. The lowest BCUT2D eigenvalue weighted by Gasteiger charge is -2.32. The van der Waals surface area contributed by atoms with Gasteiger partial charge in [-0.25, -0.2) is 12.8 Å². The smallest absolute Gasteiger partial charge is 0.354 e. The van der Waals surface area contributed by atoms with Crippen LogP contribution < -0.4 is 9.62 Å². The fourth-order valence-corrected chi connectivity index (χ4v) is 5.67. The summed E-state index contributed by atoms with van der Waals surface area (Å²) in [5.41, 5.74) is -0.992. The Hall–Kier alpha value is -3.64. The molecule has 0 saturated carbocycles. The first-order valence-corrected chi connectivity index (χ1v) is 14.7. The summed E-state index contributed by atoms with van der Waals surface area (Å²) in [5.74, 6) is -2.18. The number of benzene rings is 3. The topological polar surface area (TPSA) is 86.8 Å². The number of hydrogen-bond acceptors (Lipinski definition) is 4. The van der Waals surface area contributed by atoms with Crippen LogP contribution in [0.25, 0.3) is 0 Å². The lowest BCUT2D eigenvalue weighted by atomic mass is 10.1. The van der Waals surface area contributed by atoms with Crippen molar-refractivity contribution in [2.24, 2.45) is 0 Å². The van der Waals surface area contributed by atoms with Crippen molar-refractivity contribution in [2.75, 3.05) is 17.4 Å². The predicted molar refractivity (Wildman–Crippen MR) is 152 cm³/mol. The van der Waals surface area contributed by atoms with Crippen LogP contribution >= 0.6 is 11.6 Å². The molecule has 0 fully saturated rings. The molecule has 7 nitrogen and oxygen atoms in total. The van der Waals surface area contributed by atoms with Crippen LogP contribution in [0.5, 0.6) is 0 Å². The number of sulfonamides is 1. The third-order valence-electron chi connectivity index (χ3n) is 6.45. The van der Waals surface area contributed by atoms with E-state index in [1.165, 1.54) is 55.5 Å². The van der Waals surface area contributed by atoms with E-state index < -0.39 is 69.2 Å². The zero-order chi connectivity index (χ0) is 31.2. The van der Waals surface area contributed by atoms with Gasteiger partial charge in [-0.15, -0.1) is 0 Å². The zero-order valence-corrected chi connectivity index (χ0v) is 24.7. The quantitative estimate of drug-likeness (QED) is 0.267. The molecule has 42 heavy (non-hydrogen) atoms. The van der Waals surface area contributed by atoms with E-state index >= 15 is 0 Å².